The average Bonchev–Trinajstić information content (AvgIpc) is 2.92. The van der Waals surface area contributed by atoms with E-state index in [4.69, 9.17) is 27.9 Å². The molecule has 0 aliphatic rings. The highest BCUT2D eigenvalue weighted by molar-refractivity contribution is 7.92. The maximum atomic E-state index is 14.1. The summed E-state index contributed by atoms with van der Waals surface area (Å²) < 4.78 is 34.3. The van der Waals surface area contributed by atoms with E-state index in [9.17, 15) is 18.0 Å². The fourth-order valence-electron chi connectivity index (χ4n) is 4.18. The lowest BCUT2D eigenvalue weighted by Crippen LogP contribution is -2.53. The zero-order valence-electron chi connectivity index (χ0n) is 22.8. The summed E-state index contributed by atoms with van der Waals surface area (Å²) in [6, 6.07) is 18.2. The van der Waals surface area contributed by atoms with Crippen LogP contribution >= 0.6 is 23.2 Å². The van der Waals surface area contributed by atoms with Gasteiger partial charge in [-0.1, -0.05) is 60.5 Å². The van der Waals surface area contributed by atoms with E-state index >= 15 is 0 Å². The monoisotopic (exact) mass is 605 g/mol. The van der Waals surface area contributed by atoms with Crippen LogP contribution in [0.1, 0.15) is 32.8 Å². The quantitative estimate of drug-likeness (QED) is 0.293. The highest BCUT2D eigenvalue weighted by Crippen LogP contribution is 2.35. The van der Waals surface area contributed by atoms with Crippen LogP contribution in [0.3, 0.4) is 0 Å². The molecule has 1 N–H and O–H groups in total. The van der Waals surface area contributed by atoms with Gasteiger partial charge in [-0.15, -0.1) is 0 Å². The molecule has 0 saturated carbocycles. The third kappa shape index (κ3) is 7.68. The van der Waals surface area contributed by atoms with Crippen LogP contribution in [-0.4, -0.2) is 50.9 Å². The molecule has 3 rings (SSSR count). The number of carbonyl (C=O) groups is 2. The van der Waals surface area contributed by atoms with Crippen molar-refractivity contribution in [1.82, 2.24) is 10.2 Å². The van der Waals surface area contributed by atoms with Gasteiger partial charge in [0, 0.05) is 22.6 Å². The molecular formula is C29H33Cl2N3O5S. The van der Waals surface area contributed by atoms with Gasteiger partial charge in [0.25, 0.3) is 10.0 Å². The maximum absolute atomic E-state index is 14.1. The summed E-state index contributed by atoms with van der Waals surface area (Å²) in [5, 5.41) is 3.66. The SMILES string of the molecule is CCC(C(=O)NC(C)C)N(Cc1ccc(Cl)cc1)C(=O)CN(c1cc(Cl)ccc1OC)S(=O)(=O)c1ccccc1. The van der Waals surface area contributed by atoms with Gasteiger partial charge in [-0.3, -0.25) is 13.9 Å². The van der Waals surface area contributed by atoms with Crippen LogP contribution in [0, 0.1) is 0 Å². The summed E-state index contributed by atoms with van der Waals surface area (Å²) in [6.45, 7) is 4.91. The van der Waals surface area contributed by atoms with Crippen molar-refractivity contribution in [2.45, 2.75) is 50.7 Å². The van der Waals surface area contributed by atoms with E-state index in [1.54, 1.807) is 55.5 Å². The second-order valence-corrected chi connectivity index (χ2v) is 12.1. The number of ether oxygens (including phenoxy) is 1. The van der Waals surface area contributed by atoms with Crippen molar-refractivity contribution in [1.29, 1.82) is 0 Å². The Bertz CT molecular complexity index is 1420. The Morgan fingerprint density at radius 1 is 0.950 bits per heavy atom. The molecule has 40 heavy (non-hydrogen) atoms. The van der Waals surface area contributed by atoms with Crippen molar-refractivity contribution >= 4 is 50.7 Å². The Balaban J connectivity index is 2.12. The number of rotatable bonds is 12. The first-order valence-corrected chi connectivity index (χ1v) is 14.9. The smallest absolute Gasteiger partial charge is 0.264 e. The number of methoxy groups -OCH3 is 1. The molecule has 214 valence electrons. The number of nitrogens with one attached hydrogen (secondary N) is 1. The van der Waals surface area contributed by atoms with Crippen molar-refractivity contribution in [3.63, 3.8) is 0 Å². The highest BCUT2D eigenvalue weighted by atomic mass is 35.5. The van der Waals surface area contributed by atoms with E-state index < -0.39 is 28.5 Å². The molecule has 11 heteroatoms. The summed E-state index contributed by atoms with van der Waals surface area (Å²) in [5.74, 6) is -0.703. The van der Waals surface area contributed by atoms with E-state index in [0.29, 0.717) is 11.4 Å². The van der Waals surface area contributed by atoms with Gasteiger partial charge >= 0.3 is 0 Å². The Morgan fingerprint density at radius 3 is 2.15 bits per heavy atom. The van der Waals surface area contributed by atoms with Crippen LogP contribution in [0.15, 0.2) is 77.7 Å². The lowest BCUT2D eigenvalue weighted by molar-refractivity contribution is -0.140. The van der Waals surface area contributed by atoms with Crippen LogP contribution < -0.4 is 14.4 Å². The van der Waals surface area contributed by atoms with Gasteiger partial charge in [-0.25, -0.2) is 8.42 Å². The van der Waals surface area contributed by atoms with Gasteiger partial charge in [-0.05, 0) is 68.3 Å². The number of sulfonamides is 1. The second-order valence-electron chi connectivity index (χ2n) is 9.38. The molecule has 0 aliphatic carbocycles. The van der Waals surface area contributed by atoms with Gasteiger partial charge < -0.3 is 15.0 Å². The molecule has 0 bridgehead atoms. The van der Waals surface area contributed by atoms with Gasteiger partial charge in [-0.2, -0.15) is 0 Å². The van der Waals surface area contributed by atoms with Crippen molar-refractivity contribution in [2.24, 2.45) is 0 Å². The fourth-order valence-corrected chi connectivity index (χ4v) is 5.91. The molecule has 1 unspecified atom stereocenters. The first kappa shape index (κ1) is 31.3. The summed E-state index contributed by atoms with van der Waals surface area (Å²) in [6.07, 6.45) is 0.309. The number of hydrogen-bond acceptors (Lipinski definition) is 5. The normalized spacial score (nSPS) is 12.1. The van der Waals surface area contributed by atoms with Crippen LogP contribution in [-0.2, 0) is 26.2 Å². The van der Waals surface area contributed by atoms with Gasteiger partial charge in [0.2, 0.25) is 11.8 Å². The number of benzene rings is 3. The molecule has 1 atom stereocenters. The predicted molar refractivity (Wildman–Crippen MR) is 158 cm³/mol. The number of nitrogens with zero attached hydrogens (tertiary/aromatic N) is 2. The summed E-state index contributed by atoms with van der Waals surface area (Å²) in [7, 11) is -2.85. The molecule has 3 aromatic carbocycles. The third-order valence-electron chi connectivity index (χ3n) is 6.10. The van der Waals surface area contributed by atoms with Crippen LogP contribution in [0.4, 0.5) is 5.69 Å². The van der Waals surface area contributed by atoms with E-state index in [-0.39, 0.29) is 39.8 Å². The highest BCUT2D eigenvalue weighted by Gasteiger charge is 2.35. The standard InChI is InChI=1S/C29H33Cl2N3O5S/c1-5-25(29(36)32-20(2)3)33(18-21-11-13-22(30)14-12-21)28(35)19-34(26-17-23(31)15-16-27(26)39-4)40(37,38)24-9-7-6-8-10-24/h6-17,20,25H,5,18-19H2,1-4H3,(H,32,36). The summed E-state index contributed by atoms with van der Waals surface area (Å²) in [5.41, 5.74) is 0.824. The average molecular weight is 607 g/mol. The zero-order chi connectivity index (χ0) is 29.4. The molecule has 0 spiro atoms. The fraction of sp³-hybridized carbons (Fsp3) is 0.310. The minimum Gasteiger partial charge on any atom is -0.495 e. The number of anilines is 1. The molecule has 2 amide bonds. The molecule has 8 nitrogen and oxygen atoms in total. The summed E-state index contributed by atoms with van der Waals surface area (Å²) in [4.78, 5) is 28.7. The van der Waals surface area contributed by atoms with E-state index in [1.165, 1.54) is 36.3 Å². The molecular weight excluding hydrogens is 573 g/mol. The number of amides is 2. The van der Waals surface area contributed by atoms with Gasteiger partial charge in [0.05, 0.1) is 17.7 Å². The molecule has 0 radical (unpaired) electrons. The van der Waals surface area contributed by atoms with Crippen molar-refractivity contribution in [2.75, 3.05) is 18.0 Å². The van der Waals surface area contributed by atoms with Crippen LogP contribution in [0.25, 0.3) is 0 Å². The van der Waals surface area contributed by atoms with Gasteiger partial charge in [0.1, 0.15) is 18.3 Å². The Morgan fingerprint density at radius 2 is 1.57 bits per heavy atom. The third-order valence-corrected chi connectivity index (χ3v) is 8.36. The molecule has 0 fully saturated rings. The Hall–Kier alpha value is -3.27. The largest absolute Gasteiger partial charge is 0.495 e. The summed E-state index contributed by atoms with van der Waals surface area (Å²) >= 11 is 12.3. The molecule has 0 aromatic heterocycles. The predicted octanol–water partition coefficient (Wildman–Crippen LogP) is 5.53. The van der Waals surface area contributed by atoms with Crippen molar-refractivity contribution < 1.29 is 22.7 Å². The van der Waals surface area contributed by atoms with E-state index in [1.807, 2.05) is 13.8 Å². The first-order valence-electron chi connectivity index (χ1n) is 12.7. The van der Waals surface area contributed by atoms with Crippen molar-refractivity contribution in [3.8, 4) is 5.75 Å². The van der Waals surface area contributed by atoms with Crippen molar-refractivity contribution in [3.05, 3.63) is 88.4 Å². The number of hydrogen-bond donors (Lipinski definition) is 1. The minimum atomic E-state index is -4.25. The minimum absolute atomic E-state index is 0.0151. The Kier molecular flexibility index (Phi) is 10.8. The van der Waals surface area contributed by atoms with E-state index in [2.05, 4.69) is 5.32 Å². The second kappa shape index (κ2) is 13.9. The van der Waals surface area contributed by atoms with E-state index in [0.717, 1.165) is 9.87 Å². The lowest BCUT2D eigenvalue weighted by Gasteiger charge is -2.34. The Labute approximate surface area is 245 Å². The molecule has 3 aromatic rings. The molecule has 0 aliphatic heterocycles. The van der Waals surface area contributed by atoms with Crippen LogP contribution in [0.2, 0.25) is 10.0 Å². The topological polar surface area (TPSA) is 96.0 Å². The lowest BCUT2D eigenvalue weighted by atomic mass is 10.1. The van der Waals surface area contributed by atoms with Gasteiger partial charge in [0.15, 0.2) is 0 Å². The zero-order valence-corrected chi connectivity index (χ0v) is 25.1. The van der Waals surface area contributed by atoms with Crippen LogP contribution in [0.5, 0.6) is 5.75 Å². The first-order chi connectivity index (χ1) is 19.0. The number of carbonyl (C=O) groups excluding carboxylic acids is 2. The molecule has 0 heterocycles. The molecule has 0 saturated heterocycles. The number of halogens is 2. The maximum Gasteiger partial charge on any atom is 0.264 e.